The van der Waals surface area contributed by atoms with Crippen molar-refractivity contribution in [1.82, 2.24) is 0 Å². The molecular formula is C9H9BrO. The van der Waals surface area contributed by atoms with Gasteiger partial charge in [-0.05, 0) is 12.0 Å². The number of benzene rings is 1. The van der Waals surface area contributed by atoms with E-state index < -0.39 is 0 Å². The highest BCUT2D eigenvalue weighted by Crippen LogP contribution is 2.04. The predicted molar refractivity (Wildman–Crippen MR) is 49.3 cm³/mol. The van der Waals surface area contributed by atoms with Gasteiger partial charge < -0.3 is 0 Å². The Balaban J connectivity index is 2.74. The number of carbonyl (C=O) groups excluding carboxylic acids is 1. The molecule has 0 radical (unpaired) electrons. The third-order valence-corrected chi connectivity index (χ3v) is 1.90. The maximum atomic E-state index is 10.3. The molecule has 0 unspecified atom stereocenters. The zero-order chi connectivity index (χ0) is 8.10. The van der Waals surface area contributed by atoms with E-state index in [-0.39, 0.29) is 0 Å². The molecule has 0 fully saturated rings. The molecule has 0 amide bonds. The van der Waals surface area contributed by atoms with E-state index in [4.69, 9.17) is 0 Å². The Morgan fingerprint density at radius 3 is 2.36 bits per heavy atom. The van der Waals surface area contributed by atoms with Gasteiger partial charge in [-0.2, -0.15) is 0 Å². The molecule has 58 valence electrons. The van der Waals surface area contributed by atoms with Gasteiger partial charge in [0, 0.05) is 10.9 Å². The van der Waals surface area contributed by atoms with Crippen molar-refractivity contribution in [1.29, 1.82) is 0 Å². The van der Waals surface area contributed by atoms with Crippen molar-refractivity contribution in [3.05, 3.63) is 35.4 Å². The minimum Gasteiger partial charge on any atom is -0.298 e. The van der Waals surface area contributed by atoms with Crippen molar-refractivity contribution in [3.8, 4) is 0 Å². The summed E-state index contributed by atoms with van der Waals surface area (Å²) in [7, 11) is 0. The van der Waals surface area contributed by atoms with Gasteiger partial charge in [0.25, 0.3) is 0 Å². The zero-order valence-corrected chi connectivity index (χ0v) is 7.67. The molecule has 0 bridgehead atoms. The first-order valence-corrected chi connectivity index (χ1v) is 4.59. The first-order chi connectivity index (χ1) is 5.36. The minimum atomic E-state index is 0.739. The van der Waals surface area contributed by atoms with Gasteiger partial charge in [0.05, 0.1) is 0 Å². The summed E-state index contributed by atoms with van der Waals surface area (Å²) in [5.74, 6) is 0. The van der Waals surface area contributed by atoms with Crippen LogP contribution in [0.2, 0.25) is 0 Å². The van der Waals surface area contributed by atoms with E-state index >= 15 is 0 Å². The van der Waals surface area contributed by atoms with Gasteiger partial charge in [0.15, 0.2) is 0 Å². The SMILES string of the molecule is O=Cc1ccc(CCBr)cc1. The maximum absolute atomic E-state index is 10.3. The Kier molecular flexibility index (Phi) is 3.30. The van der Waals surface area contributed by atoms with Gasteiger partial charge in [0.2, 0.25) is 0 Å². The topological polar surface area (TPSA) is 17.1 Å². The summed E-state index contributed by atoms with van der Waals surface area (Å²) >= 11 is 3.35. The van der Waals surface area contributed by atoms with Gasteiger partial charge in [-0.3, -0.25) is 4.79 Å². The number of aldehydes is 1. The average molecular weight is 213 g/mol. The number of aryl methyl sites for hydroxylation is 1. The van der Waals surface area contributed by atoms with Crippen molar-refractivity contribution in [3.63, 3.8) is 0 Å². The molecule has 2 heteroatoms. The molecule has 1 nitrogen and oxygen atoms in total. The quantitative estimate of drug-likeness (QED) is 0.556. The number of carbonyl (C=O) groups is 1. The normalized spacial score (nSPS) is 9.55. The lowest BCUT2D eigenvalue weighted by Gasteiger charge is -1.96. The number of halogens is 1. The summed E-state index contributed by atoms with van der Waals surface area (Å²) in [5, 5.41) is 0.966. The molecule has 0 saturated carbocycles. The van der Waals surface area contributed by atoms with E-state index in [2.05, 4.69) is 15.9 Å². The van der Waals surface area contributed by atoms with E-state index in [9.17, 15) is 4.79 Å². The fourth-order valence-electron chi connectivity index (χ4n) is 0.872. The van der Waals surface area contributed by atoms with Crippen LogP contribution in [-0.4, -0.2) is 11.6 Å². The van der Waals surface area contributed by atoms with Gasteiger partial charge in [-0.1, -0.05) is 40.2 Å². The smallest absolute Gasteiger partial charge is 0.150 e. The van der Waals surface area contributed by atoms with Crippen molar-refractivity contribution >= 4 is 22.2 Å². The van der Waals surface area contributed by atoms with E-state index in [0.29, 0.717) is 0 Å². The van der Waals surface area contributed by atoms with E-state index in [0.717, 1.165) is 23.6 Å². The molecule has 11 heavy (non-hydrogen) atoms. The predicted octanol–water partition coefficient (Wildman–Crippen LogP) is 2.44. The molecule has 0 atom stereocenters. The Morgan fingerprint density at radius 2 is 1.91 bits per heavy atom. The van der Waals surface area contributed by atoms with Crippen LogP contribution in [0.5, 0.6) is 0 Å². The molecule has 0 aliphatic heterocycles. The summed E-state index contributed by atoms with van der Waals surface area (Å²) in [6, 6.07) is 7.63. The fraction of sp³-hybridized carbons (Fsp3) is 0.222. The van der Waals surface area contributed by atoms with Crippen LogP contribution in [0.1, 0.15) is 15.9 Å². The molecule has 0 aliphatic rings. The second-order valence-electron chi connectivity index (χ2n) is 2.30. The van der Waals surface area contributed by atoms with Crippen LogP contribution in [0.4, 0.5) is 0 Å². The lowest BCUT2D eigenvalue weighted by molar-refractivity contribution is 0.112. The van der Waals surface area contributed by atoms with Crippen molar-refractivity contribution in [2.75, 3.05) is 5.33 Å². The molecule has 0 heterocycles. The maximum Gasteiger partial charge on any atom is 0.150 e. The summed E-state index contributed by atoms with van der Waals surface area (Å²) < 4.78 is 0. The Morgan fingerprint density at radius 1 is 1.27 bits per heavy atom. The Labute approximate surface area is 74.6 Å². The molecular weight excluding hydrogens is 204 g/mol. The molecule has 0 saturated heterocycles. The zero-order valence-electron chi connectivity index (χ0n) is 6.09. The number of alkyl halides is 1. The van der Waals surface area contributed by atoms with Gasteiger partial charge >= 0.3 is 0 Å². The van der Waals surface area contributed by atoms with Crippen LogP contribution in [0, 0.1) is 0 Å². The van der Waals surface area contributed by atoms with Crippen LogP contribution in [0.3, 0.4) is 0 Å². The molecule has 0 N–H and O–H groups in total. The van der Waals surface area contributed by atoms with Gasteiger partial charge in [-0.15, -0.1) is 0 Å². The average Bonchev–Trinajstić information content (AvgIpc) is 2.07. The van der Waals surface area contributed by atoms with Crippen molar-refractivity contribution < 1.29 is 4.79 Å². The molecule has 1 aromatic rings. The van der Waals surface area contributed by atoms with Crippen molar-refractivity contribution in [2.45, 2.75) is 6.42 Å². The molecule has 0 aromatic heterocycles. The molecule has 1 rings (SSSR count). The van der Waals surface area contributed by atoms with Gasteiger partial charge in [0.1, 0.15) is 6.29 Å². The number of hydrogen-bond donors (Lipinski definition) is 0. The third kappa shape index (κ3) is 2.46. The first-order valence-electron chi connectivity index (χ1n) is 3.47. The molecule has 1 aromatic carbocycles. The highest BCUT2D eigenvalue weighted by molar-refractivity contribution is 9.09. The van der Waals surface area contributed by atoms with Crippen LogP contribution in [-0.2, 0) is 6.42 Å². The van der Waals surface area contributed by atoms with E-state index in [1.54, 1.807) is 0 Å². The standard InChI is InChI=1S/C9H9BrO/c10-6-5-8-1-3-9(7-11)4-2-8/h1-4,7H,5-6H2. The lowest BCUT2D eigenvalue weighted by atomic mass is 10.1. The second kappa shape index (κ2) is 4.29. The highest BCUT2D eigenvalue weighted by atomic mass is 79.9. The molecule has 0 spiro atoms. The summed E-state index contributed by atoms with van der Waals surface area (Å²) in [6.45, 7) is 0. The number of rotatable bonds is 3. The van der Waals surface area contributed by atoms with Crippen LogP contribution in [0.25, 0.3) is 0 Å². The highest BCUT2D eigenvalue weighted by Gasteiger charge is 1.91. The van der Waals surface area contributed by atoms with Crippen LogP contribution < -0.4 is 0 Å². The summed E-state index contributed by atoms with van der Waals surface area (Å²) in [5.41, 5.74) is 2.00. The van der Waals surface area contributed by atoms with E-state index in [1.165, 1.54) is 5.56 Å². The van der Waals surface area contributed by atoms with Crippen LogP contribution >= 0.6 is 15.9 Å². The lowest BCUT2D eigenvalue weighted by Crippen LogP contribution is -1.86. The fourth-order valence-corrected chi connectivity index (χ4v) is 1.33. The number of hydrogen-bond acceptors (Lipinski definition) is 1. The Hall–Kier alpha value is -0.630. The summed E-state index contributed by atoms with van der Waals surface area (Å²) in [4.78, 5) is 10.3. The molecule has 0 aliphatic carbocycles. The Bertz CT molecular complexity index is 228. The van der Waals surface area contributed by atoms with Crippen LogP contribution in [0.15, 0.2) is 24.3 Å². The second-order valence-corrected chi connectivity index (χ2v) is 3.09. The van der Waals surface area contributed by atoms with Gasteiger partial charge in [-0.25, -0.2) is 0 Å². The first kappa shape index (κ1) is 8.47. The largest absolute Gasteiger partial charge is 0.298 e. The third-order valence-electron chi connectivity index (χ3n) is 1.50. The van der Waals surface area contributed by atoms with Crippen molar-refractivity contribution in [2.24, 2.45) is 0 Å². The minimum absolute atomic E-state index is 0.739. The monoisotopic (exact) mass is 212 g/mol. The van der Waals surface area contributed by atoms with E-state index in [1.807, 2.05) is 24.3 Å². The summed E-state index contributed by atoms with van der Waals surface area (Å²) in [6.07, 6.45) is 1.87.